The number of nitrogens with one attached hydrogen (secondary N) is 1. The van der Waals surface area contributed by atoms with Gasteiger partial charge in [0.1, 0.15) is 0 Å². The molecule has 0 unspecified atom stereocenters. The maximum atomic E-state index is 13.7. The van der Waals surface area contributed by atoms with Gasteiger partial charge in [-0.2, -0.15) is 18.3 Å². The number of amides is 1. The third-order valence-corrected chi connectivity index (χ3v) is 4.26. The van der Waals surface area contributed by atoms with Crippen LogP contribution < -0.4 is 5.32 Å². The molecule has 1 heterocycles. The Kier molecular flexibility index (Phi) is 5.03. The summed E-state index contributed by atoms with van der Waals surface area (Å²) < 4.78 is 41.7. The summed E-state index contributed by atoms with van der Waals surface area (Å²) in [6.45, 7) is 3.85. The van der Waals surface area contributed by atoms with E-state index in [1.54, 1.807) is 12.1 Å². The molecule has 0 aliphatic rings. The second kappa shape index (κ2) is 7.26. The fraction of sp³-hybridized carbons (Fsp3) is 0.200. The Bertz CT molecular complexity index is 959. The minimum absolute atomic E-state index is 0.137. The van der Waals surface area contributed by atoms with Gasteiger partial charge in [0.15, 0.2) is 5.69 Å². The van der Waals surface area contributed by atoms with Crippen LogP contribution in [-0.2, 0) is 12.7 Å². The molecule has 0 spiro atoms. The highest BCUT2D eigenvalue weighted by Gasteiger charge is 2.40. The lowest BCUT2D eigenvalue weighted by atomic mass is 10.1. The van der Waals surface area contributed by atoms with Gasteiger partial charge in [-0.25, -0.2) is 4.68 Å². The molecular formula is C20H18F3N3O. The van der Waals surface area contributed by atoms with Crippen LogP contribution in [0.1, 0.15) is 32.7 Å². The zero-order chi connectivity index (χ0) is 19.6. The van der Waals surface area contributed by atoms with Crippen LogP contribution in [0, 0.1) is 13.8 Å². The van der Waals surface area contributed by atoms with Crippen molar-refractivity contribution >= 4 is 5.91 Å². The van der Waals surface area contributed by atoms with Crippen molar-refractivity contribution in [2.45, 2.75) is 26.6 Å². The second-order valence-electron chi connectivity index (χ2n) is 6.26. The van der Waals surface area contributed by atoms with Crippen molar-refractivity contribution in [2.24, 2.45) is 0 Å². The molecule has 0 saturated heterocycles. The number of hydrogen-bond acceptors (Lipinski definition) is 2. The SMILES string of the molecule is Cc1ccc(-n2ncc(C(=O)NCc3ccccc3C)c2C(F)(F)F)cc1. The molecule has 0 aliphatic carbocycles. The number of benzene rings is 2. The van der Waals surface area contributed by atoms with Gasteiger partial charge in [-0.05, 0) is 37.1 Å². The maximum absolute atomic E-state index is 13.7. The van der Waals surface area contributed by atoms with Gasteiger partial charge in [-0.3, -0.25) is 4.79 Å². The van der Waals surface area contributed by atoms with Gasteiger partial charge in [0.25, 0.3) is 5.91 Å². The zero-order valence-corrected chi connectivity index (χ0v) is 14.8. The molecule has 140 valence electrons. The average Bonchev–Trinajstić information content (AvgIpc) is 3.07. The molecule has 0 aliphatic heterocycles. The zero-order valence-electron chi connectivity index (χ0n) is 14.8. The van der Waals surface area contributed by atoms with Gasteiger partial charge in [0.2, 0.25) is 0 Å². The summed E-state index contributed by atoms with van der Waals surface area (Å²) in [6, 6.07) is 13.8. The molecule has 1 amide bonds. The van der Waals surface area contributed by atoms with E-state index in [-0.39, 0.29) is 12.2 Å². The lowest BCUT2D eigenvalue weighted by molar-refractivity contribution is -0.143. The minimum Gasteiger partial charge on any atom is -0.348 e. The fourth-order valence-corrected chi connectivity index (χ4v) is 2.75. The van der Waals surface area contributed by atoms with Crippen LogP contribution in [-0.4, -0.2) is 15.7 Å². The van der Waals surface area contributed by atoms with Crippen molar-refractivity contribution in [3.05, 3.63) is 82.7 Å². The highest BCUT2D eigenvalue weighted by Crippen LogP contribution is 2.33. The second-order valence-corrected chi connectivity index (χ2v) is 6.26. The largest absolute Gasteiger partial charge is 0.434 e. The first-order valence-electron chi connectivity index (χ1n) is 8.32. The Morgan fingerprint density at radius 2 is 1.74 bits per heavy atom. The van der Waals surface area contributed by atoms with Gasteiger partial charge in [0.05, 0.1) is 17.4 Å². The lowest BCUT2D eigenvalue weighted by Gasteiger charge is -2.13. The summed E-state index contributed by atoms with van der Waals surface area (Å²) in [5, 5.41) is 6.36. The van der Waals surface area contributed by atoms with Crippen LogP contribution in [0.3, 0.4) is 0 Å². The van der Waals surface area contributed by atoms with Crippen LogP contribution in [0.5, 0.6) is 0 Å². The smallest absolute Gasteiger partial charge is 0.348 e. The molecule has 7 heteroatoms. The Balaban J connectivity index is 1.92. The summed E-state index contributed by atoms with van der Waals surface area (Å²) in [5.74, 6) is -0.816. The number of hydrogen-bond donors (Lipinski definition) is 1. The van der Waals surface area contributed by atoms with Crippen LogP contribution in [0.25, 0.3) is 5.69 Å². The molecule has 3 rings (SSSR count). The normalized spacial score (nSPS) is 11.4. The third-order valence-electron chi connectivity index (χ3n) is 4.26. The van der Waals surface area contributed by atoms with Crippen molar-refractivity contribution in [2.75, 3.05) is 0 Å². The van der Waals surface area contributed by atoms with Gasteiger partial charge in [-0.1, -0.05) is 42.0 Å². The summed E-state index contributed by atoms with van der Waals surface area (Å²) in [4.78, 5) is 12.4. The van der Waals surface area contributed by atoms with E-state index in [1.807, 2.05) is 38.1 Å². The van der Waals surface area contributed by atoms with Gasteiger partial charge in [0, 0.05) is 6.54 Å². The van der Waals surface area contributed by atoms with E-state index in [0.29, 0.717) is 0 Å². The molecule has 0 fully saturated rings. The topological polar surface area (TPSA) is 46.9 Å². The summed E-state index contributed by atoms with van der Waals surface area (Å²) in [5.41, 5.74) is 1.35. The van der Waals surface area contributed by atoms with Gasteiger partial charge in [-0.15, -0.1) is 0 Å². The van der Waals surface area contributed by atoms with Crippen molar-refractivity contribution in [3.63, 3.8) is 0 Å². The molecule has 0 saturated carbocycles. The summed E-state index contributed by atoms with van der Waals surface area (Å²) >= 11 is 0. The molecule has 0 atom stereocenters. The monoisotopic (exact) mass is 373 g/mol. The lowest BCUT2D eigenvalue weighted by Crippen LogP contribution is -2.26. The highest BCUT2D eigenvalue weighted by molar-refractivity contribution is 5.95. The number of carbonyl (C=O) groups is 1. The van der Waals surface area contributed by atoms with E-state index in [4.69, 9.17) is 0 Å². The first kappa shape index (κ1) is 18.7. The first-order valence-corrected chi connectivity index (χ1v) is 8.32. The number of carbonyl (C=O) groups excluding carboxylic acids is 1. The number of nitrogens with zero attached hydrogens (tertiary/aromatic N) is 2. The molecule has 1 N–H and O–H groups in total. The number of aromatic nitrogens is 2. The van der Waals surface area contributed by atoms with Gasteiger partial charge < -0.3 is 5.32 Å². The fourth-order valence-electron chi connectivity index (χ4n) is 2.75. The van der Waals surface area contributed by atoms with Crippen LogP contribution in [0.2, 0.25) is 0 Å². The van der Waals surface area contributed by atoms with Crippen molar-refractivity contribution in [3.8, 4) is 5.69 Å². The Morgan fingerprint density at radius 1 is 1.07 bits per heavy atom. The van der Waals surface area contributed by atoms with Crippen molar-refractivity contribution in [1.82, 2.24) is 15.1 Å². The predicted molar refractivity (Wildman–Crippen MR) is 95.7 cm³/mol. The predicted octanol–water partition coefficient (Wildman–Crippen LogP) is 4.44. The Hall–Kier alpha value is -3.09. The number of aryl methyl sites for hydroxylation is 2. The third kappa shape index (κ3) is 4.02. The van der Waals surface area contributed by atoms with Crippen LogP contribution in [0.4, 0.5) is 13.2 Å². The average molecular weight is 373 g/mol. The van der Waals surface area contributed by atoms with E-state index in [1.165, 1.54) is 12.1 Å². The van der Waals surface area contributed by atoms with Crippen LogP contribution >= 0.6 is 0 Å². The molecule has 27 heavy (non-hydrogen) atoms. The van der Waals surface area contributed by atoms with E-state index in [2.05, 4.69) is 10.4 Å². The minimum atomic E-state index is -4.73. The molecule has 0 radical (unpaired) electrons. The van der Waals surface area contributed by atoms with E-state index < -0.39 is 23.3 Å². The Morgan fingerprint density at radius 3 is 2.37 bits per heavy atom. The first-order chi connectivity index (χ1) is 12.8. The maximum Gasteiger partial charge on any atom is 0.434 e. The van der Waals surface area contributed by atoms with E-state index in [0.717, 1.165) is 27.6 Å². The van der Waals surface area contributed by atoms with E-state index in [9.17, 15) is 18.0 Å². The molecule has 0 bridgehead atoms. The molecule has 3 aromatic rings. The van der Waals surface area contributed by atoms with E-state index >= 15 is 0 Å². The highest BCUT2D eigenvalue weighted by atomic mass is 19.4. The molecule has 2 aromatic carbocycles. The van der Waals surface area contributed by atoms with Crippen molar-refractivity contribution in [1.29, 1.82) is 0 Å². The summed E-state index contributed by atoms with van der Waals surface area (Å²) in [6.07, 6.45) is -3.77. The quantitative estimate of drug-likeness (QED) is 0.735. The van der Waals surface area contributed by atoms with Crippen LogP contribution in [0.15, 0.2) is 54.7 Å². The molecule has 1 aromatic heterocycles. The molecular weight excluding hydrogens is 355 g/mol. The number of rotatable bonds is 4. The van der Waals surface area contributed by atoms with Gasteiger partial charge >= 0.3 is 6.18 Å². The number of alkyl halides is 3. The molecule has 4 nitrogen and oxygen atoms in total. The number of halogens is 3. The Labute approximate surface area is 154 Å². The summed E-state index contributed by atoms with van der Waals surface area (Å²) in [7, 11) is 0. The van der Waals surface area contributed by atoms with Crippen molar-refractivity contribution < 1.29 is 18.0 Å². The standard InChI is InChI=1S/C20H18F3N3O/c1-13-7-9-16(10-8-13)26-18(20(21,22)23)17(12-25-26)19(27)24-11-15-6-4-3-5-14(15)2/h3-10,12H,11H2,1-2H3,(H,24,27).